The van der Waals surface area contributed by atoms with Gasteiger partial charge in [0.1, 0.15) is 0 Å². The number of rotatable bonds is 2. The fourth-order valence-corrected chi connectivity index (χ4v) is 1.22. The van der Waals surface area contributed by atoms with E-state index in [1.54, 1.807) is 24.3 Å². The number of hydrogen-bond donors (Lipinski definition) is 1. The second-order valence-corrected chi connectivity index (χ2v) is 3.81. The fourth-order valence-electron chi connectivity index (χ4n) is 1.22. The maximum absolute atomic E-state index is 10.8. The standard InChI is InChI=1S/C8H8O2.C5H10.CH2O2/c1-10-8(9)7-5-3-2-4-6-7;1-2-5-3-4-5;2-1-3/h2-6H,1H3;5H,2-4H2,1H3;1H,(H,2,3). The third-order valence-corrected chi connectivity index (χ3v) is 2.47. The Morgan fingerprint density at radius 2 is 1.89 bits per heavy atom. The van der Waals surface area contributed by atoms with Gasteiger partial charge in [0.15, 0.2) is 0 Å². The summed E-state index contributed by atoms with van der Waals surface area (Å²) in [6.07, 6.45) is 4.44. The number of hydrogen-bond acceptors (Lipinski definition) is 3. The Hall–Kier alpha value is -1.84. The van der Waals surface area contributed by atoms with Crippen molar-refractivity contribution in [2.24, 2.45) is 5.92 Å². The highest BCUT2D eigenvalue weighted by atomic mass is 16.5. The van der Waals surface area contributed by atoms with E-state index in [9.17, 15) is 4.79 Å². The minimum Gasteiger partial charge on any atom is -0.483 e. The van der Waals surface area contributed by atoms with Gasteiger partial charge >= 0.3 is 5.97 Å². The Bertz CT molecular complexity index is 331. The van der Waals surface area contributed by atoms with Gasteiger partial charge < -0.3 is 9.84 Å². The largest absolute Gasteiger partial charge is 0.483 e. The third kappa shape index (κ3) is 8.33. The van der Waals surface area contributed by atoms with Crippen LogP contribution in [-0.4, -0.2) is 24.7 Å². The molecule has 0 unspecified atom stereocenters. The van der Waals surface area contributed by atoms with Gasteiger partial charge in [0.2, 0.25) is 0 Å². The second kappa shape index (κ2) is 10.3. The molecule has 100 valence electrons. The molecule has 1 saturated carbocycles. The molecule has 2 rings (SSSR count). The maximum atomic E-state index is 10.8. The van der Waals surface area contributed by atoms with Crippen LogP contribution in [-0.2, 0) is 9.53 Å². The Kier molecular flexibility index (Phi) is 9.27. The van der Waals surface area contributed by atoms with Crippen molar-refractivity contribution in [3.8, 4) is 0 Å². The SMILES string of the molecule is CCC1CC1.COC(=O)c1ccccc1.O=CO. The number of carbonyl (C=O) groups excluding carboxylic acids is 1. The molecule has 0 aliphatic heterocycles. The first kappa shape index (κ1) is 16.2. The zero-order valence-corrected chi connectivity index (χ0v) is 10.8. The van der Waals surface area contributed by atoms with Gasteiger partial charge in [-0.05, 0) is 18.1 Å². The van der Waals surface area contributed by atoms with Crippen molar-refractivity contribution in [2.75, 3.05) is 7.11 Å². The highest BCUT2D eigenvalue weighted by molar-refractivity contribution is 5.89. The summed E-state index contributed by atoms with van der Waals surface area (Å²) in [5.41, 5.74) is 0.588. The Balaban J connectivity index is 0.000000301. The second-order valence-electron chi connectivity index (χ2n) is 3.81. The lowest BCUT2D eigenvalue weighted by Crippen LogP contribution is -1.99. The van der Waals surface area contributed by atoms with Gasteiger partial charge in [0, 0.05) is 0 Å². The summed E-state index contributed by atoms with van der Waals surface area (Å²) in [5, 5.41) is 6.89. The molecular formula is C14H20O4. The van der Waals surface area contributed by atoms with Crippen LogP contribution in [0.2, 0.25) is 0 Å². The topological polar surface area (TPSA) is 63.6 Å². The number of carbonyl (C=O) groups is 2. The van der Waals surface area contributed by atoms with E-state index in [0.717, 1.165) is 5.92 Å². The molecule has 18 heavy (non-hydrogen) atoms. The summed E-state index contributed by atoms with van der Waals surface area (Å²) in [5.74, 6) is 0.843. The van der Waals surface area contributed by atoms with Crippen LogP contribution in [0.3, 0.4) is 0 Å². The molecule has 1 fully saturated rings. The van der Waals surface area contributed by atoms with E-state index in [0.29, 0.717) is 5.56 Å². The van der Waals surface area contributed by atoms with Crippen molar-refractivity contribution >= 4 is 12.4 Å². The summed E-state index contributed by atoms with van der Waals surface area (Å²) >= 11 is 0. The smallest absolute Gasteiger partial charge is 0.337 e. The molecule has 0 spiro atoms. The normalized spacial score (nSPS) is 12.1. The van der Waals surface area contributed by atoms with E-state index in [1.807, 2.05) is 6.07 Å². The summed E-state index contributed by atoms with van der Waals surface area (Å²) in [4.78, 5) is 19.2. The molecule has 0 saturated heterocycles. The number of ether oxygens (including phenoxy) is 1. The molecule has 4 heteroatoms. The minimum absolute atomic E-state index is 0.250. The number of methoxy groups -OCH3 is 1. The first-order valence-corrected chi connectivity index (χ1v) is 5.90. The van der Waals surface area contributed by atoms with Crippen LogP contribution in [0.5, 0.6) is 0 Å². The number of esters is 1. The predicted octanol–water partition coefficient (Wildman–Crippen LogP) is 2.98. The summed E-state index contributed by atoms with van der Waals surface area (Å²) < 4.78 is 4.50. The lowest BCUT2D eigenvalue weighted by Gasteiger charge is -1.95. The highest BCUT2D eigenvalue weighted by Crippen LogP contribution is 2.31. The van der Waals surface area contributed by atoms with E-state index < -0.39 is 0 Å². The molecule has 0 radical (unpaired) electrons. The molecule has 0 atom stereocenters. The van der Waals surface area contributed by atoms with Crippen molar-refractivity contribution in [1.29, 1.82) is 0 Å². The zero-order valence-electron chi connectivity index (χ0n) is 10.8. The Morgan fingerprint density at radius 1 is 1.39 bits per heavy atom. The third-order valence-electron chi connectivity index (χ3n) is 2.47. The first-order chi connectivity index (χ1) is 8.69. The minimum atomic E-state index is -0.291. The average Bonchev–Trinajstić information content (AvgIpc) is 3.24. The Labute approximate surface area is 108 Å². The molecule has 1 aromatic carbocycles. The predicted molar refractivity (Wildman–Crippen MR) is 69.5 cm³/mol. The summed E-state index contributed by atoms with van der Waals surface area (Å²) in [6.45, 7) is 2.01. The molecule has 0 bridgehead atoms. The summed E-state index contributed by atoms with van der Waals surface area (Å²) in [6, 6.07) is 8.88. The van der Waals surface area contributed by atoms with Gasteiger partial charge in [-0.2, -0.15) is 0 Å². The quantitative estimate of drug-likeness (QED) is 0.649. The van der Waals surface area contributed by atoms with E-state index in [1.165, 1.54) is 26.4 Å². The van der Waals surface area contributed by atoms with Gasteiger partial charge in [-0.15, -0.1) is 0 Å². The summed E-state index contributed by atoms with van der Waals surface area (Å²) in [7, 11) is 1.37. The van der Waals surface area contributed by atoms with Crippen molar-refractivity contribution in [1.82, 2.24) is 0 Å². The van der Waals surface area contributed by atoms with Crippen LogP contribution < -0.4 is 0 Å². The van der Waals surface area contributed by atoms with Gasteiger partial charge in [-0.25, -0.2) is 4.79 Å². The molecule has 1 aliphatic carbocycles. The lowest BCUT2D eigenvalue weighted by atomic mass is 10.2. The van der Waals surface area contributed by atoms with E-state index >= 15 is 0 Å². The van der Waals surface area contributed by atoms with Crippen LogP contribution in [0.4, 0.5) is 0 Å². The first-order valence-electron chi connectivity index (χ1n) is 5.90. The molecule has 0 heterocycles. The van der Waals surface area contributed by atoms with Crippen LogP contribution in [0.25, 0.3) is 0 Å². The highest BCUT2D eigenvalue weighted by Gasteiger charge is 2.17. The van der Waals surface area contributed by atoms with E-state index in [4.69, 9.17) is 9.90 Å². The van der Waals surface area contributed by atoms with E-state index in [2.05, 4.69) is 11.7 Å². The van der Waals surface area contributed by atoms with Crippen molar-refractivity contribution in [2.45, 2.75) is 26.2 Å². The van der Waals surface area contributed by atoms with Crippen molar-refractivity contribution in [3.05, 3.63) is 35.9 Å². The van der Waals surface area contributed by atoms with Crippen LogP contribution >= 0.6 is 0 Å². The fraction of sp³-hybridized carbons (Fsp3) is 0.429. The Morgan fingerprint density at radius 3 is 2.17 bits per heavy atom. The van der Waals surface area contributed by atoms with Crippen molar-refractivity contribution < 1.29 is 19.4 Å². The van der Waals surface area contributed by atoms with Crippen LogP contribution in [0, 0.1) is 5.92 Å². The van der Waals surface area contributed by atoms with Gasteiger partial charge in [-0.1, -0.05) is 44.4 Å². The molecule has 1 aliphatic rings. The van der Waals surface area contributed by atoms with Crippen molar-refractivity contribution in [3.63, 3.8) is 0 Å². The molecule has 0 amide bonds. The maximum Gasteiger partial charge on any atom is 0.337 e. The molecule has 1 aromatic rings. The molecule has 4 nitrogen and oxygen atoms in total. The van der Waals surface area contributed by atoms with E-state index in [-0.39, 0.29) is 12.4 Å². The molecule has 0 aromatic heterocycles. The number of carboxylic acid groups (broad SMARTS) is 1. The molecular weight excluding hydrogens is 232 g/mol. The van der Waals surface area contributed by atoms with Crippen LogP contribution in [0.1, 0.15) is 36.5 Å². The average molecular weight is 252 g/mol. The zero-order chi connectivity index (χ0) is 13.8. The van der Waals surface area contributed by atoms with Gasteiger partial charge in [0.05, 0.1) is 12.7 Å². The van der Waals surface area contributed by atoms with Gasteiger partial charge in [-0.3, -0.25) is 4.79 Å². The van der Waals surface area contributed by atoms with Gasteiger partial charge in [0.25, 0.3) is 6.47 Å². The molecule has 1 N–H and O–H groups in total. The monoisotopic (exact) mass is 252 g/mol. The number of benzene rings is 1. The lowest BCUT2D eigenvalue weighted by molar-refractivity contribution is -0.122. The van der Waals surface area contributed by atoms with Crippen LogP contribution in [0.15, 0.2) is 30.3 Å².